The van der Waals surface area contributed by atoms with Crippen molar-refractivity contribution in [3.8, 4) is 5.75 Å². The maximum Gasteiger partial charge on any atom is 0.141 e. The summed E-state index contributed by atoms with van der Waals surface area (Å²) < 4.78 is 18.9. The van der Waals surface area contributed by atoms with Gasteiger partial charge in [0.25, 0.3) is 0 Å². The van der Waals surface area contributed by atoms with E-state index in [0.29, 0.717) is 12.5 Å². The Kier molecular flexibility index (Phi) is 3.53. The highest BCUT2D eigenvalue weighted by atomic mass is 35.5. The summed E-state index contributed by atoms with van der Waals surface area (Å²) in [4.78, 5) is 0. The molecule has 0 aromatic heterocycles. The summed E-state index contributed by atoms with van der Waals surface area (Å²) in [6.07, 6.45) is 0. The van der Waals surface area contributed by atoms with E-state index in [1.54, 1.807) is 12.1 Å². The summed E-state index contributed by atoms with van der Waals surface area (Å²) in [5.74, 6) is 0.808. The summed E-state index contributed by atoms with van der Waals surface area (Å²) in [6, 6.07) is 12.8. The number of fused-ring (bicyclic) bond motifs is 1. The number of benzene rings is 2. The molecule has 0 radical (unpaired) electrons. The van der Waals surface area contributed by atoms with Crippen LogP contribution in [0.5, 0.6) is 5.75 Å². The lowest BCUT2D eigenvalue weighted by molar-refractivity contribution is 0.214. The zero-order valence-electron chi connectivity index (χ0n) is 11.1. The van der Waals surface area contributed by atoms with Crippen LogP contribution in [0, 0.1) is 11.7 Å². The highest BCUT2D eigenvalue weighted by Crippen LogP contribution is 2.37. The van der Waals surface area contributed by atoms with Crippen LogP contribution < -0.4 is 10.1 Å². The molecule has 0 bridgehead atoms. The van der Waals surface area contributed by atoms with Gasteiger partial charge in [0.1, 0.15) is 11.6 Å². The molecule has 1 aliphatic heterocycles. The molecule has 2 unspecified atom stereocenters. The molecule has 0 saturated heterocycles. The number of rotatable bonds is 2. The molecule has 0 amide bonds. The van der Waals surface area contributed by atoms with Crippen LogP contribution in [0.3, 0.4) is 0 Å². The summed E-state index contributed by atoms with van der Waals surface area (Å²) >= 11 is 5.83. The van der Waals surface area contributed by atoms with Crippen molar-refractivity contribution in [3.05, 3.63) is 58.9 Å². The molecule has 20 heavy (non-hydrogen) atoms. The van der Waals surface area contributed by atoms with Crippen molar-refractivity contribution in [2.75, 3.05) is 11.9 Å². The van der Waals surface area contributed by atoms with Gasteiger partial charge in [-0.3, -0.25) is 0 Å². The second kappa shape index (κ2) is 5.33. The van der Waals surface area contributed by atoms with Crippen LogP contribution in [0.2, 0.25) is 5.02 Å². The average Bonchev–Trinajstić information content (AvgIpc) is 2.46. The molecule has 0 spiro atoms. The number of ether oxygens (including phenoxy) is 1. The lowest BCUT2D eigenvalue weighted by Gasteiger charge is -2.32. The van der Waals surface area contributed by atoms with Gasteiger partial charge in [0.2, 0.25) is 0 Å². The second-order valence-corrected chi connectivity index (χ2v) is 5.48. The highest BCUT2D eigenvalue weighted by molar-refractivity contribution is 6.31. The lowest BCUT2D eigenvalue weighted by Crippen LogP contribution is -2.28. The van der Waals surface area contributed by atoms with E-state index in [9.17, 15) is 4.39 Å². The SMILES string of the molecule is CC1COc2ccccc2C1Nc1ccc(F)c(Cl)c1. The molecule has 0 aliphatic carbocycles. The monoisotopic (exact) mass is 291 g/mol. The molecular formula is C16H15ClFNO. The predicted octanol–water partition coefficient (Wildman–Crippen LogP) is 4.66. The number of nitrogens with one attached hydrogen (secondary N) is 1. The third-order valence-corrected chi connectivity index (χ3v) is 3.86. The molecule has 0 fully saturated rings. The Morgan fingerprint density at radius 2 is 2.05 bits per heavy atom. The number of para-hydroxylation sites is 1. The topological polar surface area (TPSA) is 21.3 Å². The normalized spacial score (nSPS) is 20.9. The minimum Gasteiger partial charge on any atom is -0.493 e. The molecule has 1 heterocycles. The number of hydrogen-bond acceptors (Lipinski definition) is 2. The first-order valence-electron chi connectivity index (χ1n) is 6.58. The van der Waals surface area contributed by atoms with Crippen molar-refractivity contribution in [2.45, 2.75) is 13.0 Å². The van der Waals surface area contributed by atoms with E-state index in [0.717, 1.165) is 17.0 Å². The quantitative estimate of drug-likeness (QED) is 0.869. The Labute approximate surface area is 122 Å². The fourth-order valence-electron chi connectivity index (χ4n) is 2.48. The Morgan fingerprint density at radius 3 is 2.85 bits per heavy atom. The average molecular weight is 292 g/mol. The van der Waals surface area contributed by atoms with Crippen molar-refractivity contribution >= 4 is 17.3 Å². The fourth-order valence-corrected chi connectivity index (χ4v) is 2.66. The molecule has 2 aromatic rings. The summed E-state index contributed by atoms with van der Waals surface area (Å²) in [6.45, 7) is 2.78. The lowest BCUT2D eigenvalue weighted by atomic mass is 9.92. The predicted molar refractivity (Wildman–Crippen MR) is 78.9 cm³/mol. The van der Waals surface area contributed by atoms with Crippen molar-refractivity contribution in [3.63, 3.8) is 0 Å². The summed E-state index contributed by atoms with van der Waals surface area (Å²) in [7, 11) is 0. The van der Waals surface area contributed by atoms with Gasteiger partial charge in [-0.15, -0.1) is 0 Å². The zero-order valence-corrected chi connectivity index (χ0v) is 11.8. The molecule has 1 aliphatic rings. The number of hydrogen-bond donors (Lipinski definition) is 1. The van der Waals surface area contributed by atoms with E-state index >= 15 is 0 Å². The van der Waals surface area contributed by atoms with Gasteiger partial charge in [0.15, 0.2) is 0 Å². The van der Waals surface area contributed by atoms with Gasteiger partial charge in [-0.05, 0) is 24.3 Å². The fraction of sp³-hybridized carbons (Fsp3) is 0.250. The van der Waals surface area contributed by atoms with Crippen molar-refractivity contribution < 1.29 is 9.13 Å². The minimum atomic E-state index is -0.405. The number of anilines is 1. The Balaban J connectivity index is 1.91. The van der Waals surface area contributed by atoms with E-state index in [-0.39, 0.29) is 11.1 Å². The smallest absolute Gasteiger partial charge is 0.141 e. The highest BCUT2D eigenvalue weighted by Gasteiger charge is 2.27. The first kappa shape index (κ1) is 13.3. The molecule has 104 valence electrons. The van der Waals surface area contributed by atoms with Crippen LogP contribution in [0.15, 0.2) is 42.5 Å². The Morgan fingerprint density at radius 1 is 1.25 bits per heavy atom. The van der Waals surface area contributed by atoms with Crippen LogP contribution >= 0.6 is 11.6 Å². The zero-order chi connectivity index (χ0) is 14.1. The van der Waals surface area contributed by atoms with E-state index in [1.807, 2.05) is 24.3 Å². The molecule has 2 atom stereocenters. The van der Waals surface area contributed by atoms with Crippen LogP contribution in [-0.2, 0) is 0 Å². The third kappa shape index (κ3) is 2.46. The van der Waals surface area contributed by atoms with E-state index < -0.39 is 5.82 Å². The van der Waals surface area contributed by atoms with Crippen LogP contribution in [-0.4, -0.2) is 6.61 Å². The molecule has 2 aromatic carbocycles. The van der Waals surface area contributed by atoms with Crippen molar-refractivity contribution in [1.29, 1.82) is 0 Å². The van der Waals surface area contributed by atoms with E-state index in [2.05, 4.69) is 12.2 Å². The van der Waals surface area contributed by atoms with Gasteiger partial charge in [0.05, 0.1) is 17.7 Å². The standard InChI is InChI=1S/C16H15ClFNO/c1-10-9-20-15-5-3-2-4-12(15)16(10)19-11-6-7-14(18)13(17)8-11/h2-8,10,16,19H,9H2,1H3. The number of halogens is 2. The Hall–Kier alpha value is -1.74. The Bertz CT molecular complexity index is 632. The third-order valence-electron chi connectivity index (χ3n) is 3.57. The minimum absolute atomic E-state index is 0.126. The van der Waals surface area contributed by atoms with Gasteiger partial charge in [-0.25, -0.2) is 4.39 Å². The van der Waals surface area contributed by atoms with Gasteiger partial charge < -0.3 is 10.1 Å². The van der Waals surface area contributed by atoms with Gasteiger partial charge in [0, 0.05) is 17.2 Å². The van der Waals surface area contributed by atoms with Gasteiger partial charge in [-0.2, -0.15) is 0 Å². The van der Waals surface area contributed by atoms with E-state index in [4.69, 9.17) is 16.3 Å². The molecule has 3 rings (SSSR count). The van der Waals surface area contributed by atoms with Crippen molar-refractivity contribution in [2.24, 2.45) is 5.92 Å². The van der Waals surface area contributed by atoms with E-state index in [1.165, 1.54) is 6.07 Å². The molecule has 4 heteroatoms. The maximum atomic E-state index is 13.2. The summed E-state index contributed by atoms with van der Waals surface area (Å²) in [5, 5.41) is 3.55. The summed E-state index contributed by atoms with van der Waals surface area (Å²) in [5.41, 5.74) is 1.93. The first-order valence-corrected chi connectivity index (χ1v) is 6.96. The van der Waals surface area contributed by atoms with Crippen molar-refractivity contribution in [1.82, 2.24) is 0 Å². The molecule has 0 saturated carbocycles. The second-order valence-electron chi connectivity index (χ2n) is 5.08. The molecule has 1 N–H and O–H groups in total. The molecular weight excluding hydrogens is 277 g/mol. The maximum absolute atomic E-state index is 13.2. The van der Waals surface area contributed by atoms with Crippen LogP contribution in [0.1, 0.15) is 18.5 Å². The first-order chi connectivity index (χ1) is 9.65. The van der Waals surface area contributed by atoms with Crippen LogP contribution in [0.25, 0.3) is 0 Å². The van der Waals surface area contributed by atoms with Gasteiger partial charge in [-0.1, -0.05) is 36.7 Å². The largest absolute Gasteiger partial charge is 0.493 e. The van der Waals surface area contributed by atoms with Gasteiger partial charge >= 0.3 is 0 Å². The molecule has 2 nitrogen and oxygen atoms in total. The van der Waals surface area contributed by atoms with Crippen LogP contribution in [0.4, 0.5) is 10.1 Å².